The summed E-state index contributed by atoms with van der Waals surface area (Å²) < 4.78 is 12.8. The summed E-state index contributed by atoms with van der Waals surface area (Å²) in [6.45, 7) is 2.33. The third-order valence-corrected chi connectivity index (χ3v) is 7.39. The lowest BCUT2D eigenvalue weighted by molar-refractivity contribution is -0.116. The summed E-state index contributed by atoms with van der Waals surface area (Å²) in [6.07, 6.45) is 1.70. The second-order valence-electron chi connectivity index (χ2n) is 10.2. The molecule has 2 aromatic carbocycles. The summed E-state index contributed by atoms with van der Waals surface area (Å²) in [5.74, 6) is -0.413. The minimum absolute atomic E-state index is 0.0154. The highest BCUT2D eigenvalue weighted by molar-refractivity contribution is 5.89. The van der Waals surface area contributed by atoms with Crippen molar-refractivity contribution >= 4 is 29.1 Å². The molecule has 1 atom stereocenters. The molecule has 0 saturated carbocycles. The summed E-state index contributed by atoms with van der Waals surface area (Å²) in [5, 5.41) is 11.9. The zero-order chi connectivity index (χ0) is 29.6. The average molecular weight is 575 g/mol. The van der Waals surface area contributed by atoms with Crippen molar-refractivity contribution in [1.29, 1.82) is 0 Å². The van der Waals surface area contributed by atoms with Crippen LogP contribution in [0.25, 0.3) is 22.3 Å². The molecule has 0 radical (unpaired) electrons. The summed E-state index contributed by atoms with van der Waals surface area (Å²) in [4.78, 5) is 50.1. The van der Waals surface area contributed by atoms with E-state index in [4.69, 9.17) is 9.47 Å². The number of aromatic nitrogens is 4. The first-order valence-corrected chi connectivity index (χ1v) is 13.9. The van der Waals surface area contributed by atoms with Crippen molar-refractivity contribution in [2.45, 2.75) is 44.9 Å². The SMILES string of the molecule is CC[C@@H](CO)OCn1cnc2c(=O)[nH]c(NC(=O)CCCN(C)C(=O)OCC3c4ccccc4-c4ccccc43)nc21. The number of aliphatic hydroxyl groups excluding tert-OH is 1. The molecule has 0 saturated heterocycles. The van der Waals surface area contributed by atoms with Gasteiger partial charge in [0.2, 0.25) is 11.9 Å². The maximum atomic E-state index is 12.7. The van der Waals surface area contributed by atoms with Crippen LogP contribution in [0.2, 0.25) is 0 Å². The van der Waals surface area contributed by atoms with Crippen molar-refractivity contribution in [1.82, 2.24) is 24.4 Å². The number of anilines is 1. The van der Waals surface area contributed by atoms with Crippen LogP contribution in [-0.4, -0.2) is 74.4 Å². The van der Waals surface area contributed by atoms with Crippen molar-refractivity contribution in [2.24, 2.45) is 0 Å². The summed E-state index contributed by atoms with van der Waals surface area (Å²) >= 11 is 0. The Balaban J connectivity index is 1.11. The quantitative estimate of drug-likeness (QED) is 0.233. The second-order valence-corrected chi connectivity index (χ2v) is 10.2. The van der Waals surface area contributed by atoms with Crippen molar-refractivity contribution in [3.05, 3.63) is 76.3 Å². The van der Waals surface area contributed by atoms with Crippen molar-refractivity contribution in [2.75, 3.05) is 32.1 Å². The lowest BCUT2D eigenvalue weighted by Crippen LogP contribution is -2.30. The largest absolute Gasteiger partial charge is 0.448 e. The van der Waals surface area contributed by atoms with Crippen LogP contribution in [0.5, 0.6) is 0 Å². The lowest BCUT2D eigenvalue weighted by atomic mass is 9.98. The number of nitrogens with one attached hydrogen (secondary N) is 2. The molecule has 0 aliphatic heterocycles. The van der Waals surface area contributed by atoms with Gasteiger partial charge in [0, 0.05) is 25.9 Å². The van der Waals surface area contributed by atoms with Crippen LogP contribution in [-0.2, 0) is 21.0 Å². The Morgan fingerprint density at radius 1 is 1.14 bits per heavy atom. The van der Waals surface area contributed by atoms with Gasteiger partial charge >= 0.3 is 6.09 Å². The van der Waals surface area contributed by atoms with Gasteiger partial charge in [-0.05, 0) is 35.1 Å². The van der Waals surface area contributed by atoms with Crippen LogP contribution in [0, 0.1) is 0 Å². The molecule has 0 spiro atoms. The maximum absolute atomic E-state index is 12.7. The number of aromatic amines is 1. The number of ether oxygens (including phenoxy) is 2. The molecule has 12 nitrogen and oxygen atoms in total. The zero-order valence-electron chi connectivity index (χ0n) is 23.6. The monoisotopic (exact) mass is 574 g/mol. The van der Waals surface area contributed by atoms with Gasteiger partial charge in [0.15, 0.2) is 11.2 Å². The number of amides is 2. The van der Waals surface area contributed by atoms with Gasteiger partial charge in [-0.2, -0.15) is 4.98 Å². The van der Waals surface area contributed by atoms with Crippen molar-refractivity contribution in [3.8, 4) is 11.1 Å². The molecule has 0 bridgehead atoms. The van der Waals surface area contributed by atoms with Gasteiger partial charge in [0.25, 0.3) is 5.56 Å². The Kier molecular flexibility index (Phi) is 8.94. The van der Waals surface area contributed by atoms with Crippen LogP contribution in [0.4, 0.5) is 10.7 Å². The minimum Gasteiger partial charge on any atom is -0.448 e. The number of imidazole rings is 1. The van der Waals surface area contributed by atoms with Gasteiger partial charge in [-0.3, -0.25) is 24.5 Å². The topological polar surface area (TPSA) is 152 Å². The first-order chi connectivity index (χ1) is 20.4. The zero-order valence-corrected chi connectivity index (χ0v) is 23.6. The van der Waals surface area contributed by atoms with E-state index in [0.717, 1.165) is 22.3 Å². The fourth-order valence-corrected chi connectivity index (χ4v) is 5.06. The van der Waals surface area contributed by atoms with Crippen LogP contribution in [0.1, 0.15) is 43.2 Å². The molecule has 2 heterocycles. The molecule has 12 heteroatoms. The first-order valence-electron chi connectivity index (χ1n) is 13.9. The Bertz CT molecular complexity index is 1580. The molecular formula is C30H34N6O6. The number of nitrogens with zero attached hydrogens (tertiary/aromatic N) is 4. The maximum Gasteiger partial charge on any atom is 0.409 e. The molecule has 1 aliphatic rings. The number of hydrogen-bond donors (Lipinski definition) is 3. The fraction of sp³-hybridized carbons (Fsp3) is 0.367. The number of rotatable bonds is 12. The number of fused-ring (bicyclic) bond motifs is 4. The van der Waals surface area contributed by atoms with E-state index < -0.39 is 11.7 Å². The molecule has 3 N–H and O–H groups in total. The van der Waals surface area contributed by atoms with Gasteiger partial charge in [0.05, 0.1) is 19.0 Å². The highest BCUT2D eigenvalue weighted by Crippen LogP contribution is 2.44. The van der Waals surface area contributed by atoms with Gasteiger partial charge in [-0.25, -0.2) is 9.78 Å². The van der Waals surface area contributed by atoms with E-state index in [-0.39, 0.29) is 61.4 Å². The predicted molar refractivity (Wildman–Crippen MR) is 156 cm³/mol. The molecule has 0 unspecified atom stereocenters. The lowest BCUT2D eigenvalue weighted by Gasteiger charge is -2.19. The standard InChI is InChI=1S/C30H34N6O6/c1-3-19(15-37)42-18-36-17-31-26-27(36)33-29(34-28(26)39)32-25(38)13-8-14-35(2)30(40)41-16-24-22-11-6-4-9-20(22)21-10-5-7-12-23(21)24/h4-7,9-12,17,19,24,37H,3,8,13-16,18H2,1-2H3,(H2,32,33,34,38,39)/t19-/m0/s1. The molecular weight excluding hydrogens is 540 g/mol. The highest BCUT2D eigenvalue weighted by atomic mass is 16.6. The molecule has 4 aromatic rings. The number of hydrogen-bond acceptors (Lipinski definition) is 8. The van der Waals surface area contributed by atoms with Crippen LogP contribution in [0.15, 0.2) is 59.7 Å². The van der Waals surface area contributed by atoms with Gasteiger partial charge in [-0.15, -0.1) is 0 Å². The average Bonchev–Trinajstić information content (AvgIpc) is 3.55. The molecule has 2 amide bonds. The number of aliphatic hydroxyl groups is 1. The van der Waals surface area contributed by atoms with Crippen LogP contribution < -0.4 is 10.9 Å². The summed E-state index contributed by atoms with van der Waals surface area (Å²) in [7, 11) is 1.63. The van der Waals surface area contributed by atoms with Crippen LogP contribution in [0.3, 0.4) is 0 Å². The predicted octanol–water partition coefficient (Wildman–Crippen LogP) is 3.46. The van der Waals surface area contributed by atoms with Crippen LogP contribution >= 0.6 is 0 Å². The van der Waals surface area contributed by atoms with E-state index in [0.29, 0.717) is 19.4 Å². The van der Waals surface area contributed by atoms with Gasteiger partial charge in [0.1, 0.15) is 13.3 Å². The van der Waals surface area contributed by atoms with Gasteiger partial charge in [-0.1, -0.05) is 55.5 Å². The van der Waals surface area contributed by atoms with Crippen molar-refractivity contribution in [3.63, 3.8) is 0 Å². The summed E-state index contributed by atoms with van der Waals surface area (Å²) in [6, 6.07) is 16.3. The van der Waals surface area contributed by atoms with E-state index in [1.54, 1.807) is 7.05 Å². The Labute approximate surface area is 242 Å². The van der Waals surface area contributed by atoms with E-state index >= 15 is 0 Å². The van der Waals surface area contributed by atoms with Gasteiger partial charge < -0.3 is 19.5 Å². The normalized spacial score (nSPS) is 13.0. The molecule has 42 heavy (non-hydrogen) atoms. The molecule has 5 rings (SSSR count). The van der Waals surface area contributed by atoms with E-state index in [9.17, 15) is 19.5 Å². The third kappa shape index (κ3) is 6.19. The Morgan fingerprint density at radius 2 is 1.83 bits per heavy atom. The Morgan fingerprint density at radius 3 is 2.50 bits per heavy atom. The smallest absolute Gasteiger partial charge is 0.409 e. The highest BCUT2D eigenvalue weighted by Gasteiger charge is 2.29. The first kappa shape index (κ1) is 29.0. The van der Waals surface area contributed by atoms with E-state index in [1.165, 1.54) is 15.8 Å². The number of benzene rings is 2. The minimum atomic E-state index is -0.502. The molecule has 1 aliphatic carbocycles. The fourth-order valence-electron chi connectivity index (χ4n) is 5.06. The van der Waals surface area contributed by atoms with E-state index in [1.807, 2.05) is 31.2 Å². The number of H-pyrrole nitrogens is 1. The number of carbonyl (C=O) groups excluding carboxylic acids is 2. The number of carbonyl (C=O) groups is 2. The van der Waals surface area contributed by atoms with E-state index in [2.05, 4.69) is 44.5 Å². The third-order valence-electron chi connectivity index (χ3n) is 7.39. The second kappa shape index (κ2) is 13.0. The summed E-state index contributed by atoms with van der Waals surface area (Å²) in [5.41, 5.74) is 4.46. The molecule has 220 valence electrons. The molecule has 0 fully saturated rings. The molecule has 2 aromatic heterocycles. The van der Waals surface area contributed by atoms with Crippen molar-refractivity contribution < 1.29 is 24.2 Å². The Hall–Kier alpha value is -4.55.